The van der Waals surface area contributed by atoms with Crippen molar-refractivity contribution in [3.05, 3.63) is 69.7 Å². The van der Waals surface area contributed by atoms with E-state index in [2.05, 4.69) is 21.2 Å². The summed E-state index contributed by atoms with van der Waals surface area (Å²) < 4.78 is 1.00. The number of benzene rings is 2. The van der Waals surface area contributed by atoms with E-state index in [4.69, 9.17) is 0 Å². The van der Waals surface area contributed by atoms with Crippen LogP contribution in [0.4, 0.5) is 0 Å². The summed E-state index contributed by atoms with van der Waals surface area (Å²) in [7, 11) is 0. The predicted molar refractivity (Wildman–Crippen MR) is 91.9 cm³/mol. The van der Waals surface area contributed by atoms with E-state index >= 15 is 0 Å². The van der Waals surface area contributed by atoms with E-state index in [0.29, 0.717) is 12.1 Å². The zero-order valence-corrected chi connectivity index (χ0v) is 14.3. The summed E-state index contributed by atoms with van der Waals surface area (Å²) in [5.41, 5.74) is 2.70. The first kappa shape index (κ1) is 15.7. The van der Waals surface area contributed by atoms with Crippen molar-refractivity contribution in [1.29, 1.82) is 0 Å². The Hall–Kier alpha value is -2.14. The van der Waals surface area contributed by atoms with Crippen molar-refractivity contribution < 1.29 is 9.59 Å². The summed E-state index contributed by atoms with van der Waals surface area (Å²) >= 11 is 3.39. The Morgan fingerprint density at radius 1 is 1.22 bits per heavy atom. The minimum absolute atomic E-state index is 0.0768. The van der Waals surface area contributed by atoms with Crippen molar-refractivity contribution >= 4 is 27.7 Å². The number of hydrogen-bond donors (Lipinski definition) is 1. The van der Waals surface area contributed by atoms with Gasteiger partial charge in [-0.2, -0.15) is 0 Å². The second-order valence-electron chi connectivity index (χ2n) is 5.66. The SMILES string of the molecule is C[C@H](NC(=O)CN1Cc2ccccc2C1=O)c1ccc(Br)cc1. The van der Waals surface area contributed by atoms with Gasteiger partial charge in [0, 0.05) is 16.6 Å². The van der Waals surface area contributed by atoms with Crippen molar-refractivity contribution in [2.75, 3.05) is 6.54 Å². The molecule has 2 amide bonds. The van der Waals surface area contributed by atoms with Crippen LogP contribution in [0.2, 0.25) is 0 Å². The number of carbonyl (C=O) groups is 2. The third-order valence-electron chi connectivity index (χ3n) is 3.98. The molecular formula is C18H17BrN2O2. The topological polar surface area (TPSA) is 49.4 Å². The number of halogens is 1. The molecule has 0 unspecified atom stereocenters. The van der Waals surface area contributed by atoms with Gasteiger partial charge in [-0.3, -0.25) is 9.59 Å². The zero-order valence-electron chi connectivity index (χ0n) is 12.8. The van der Waals surface area contributed by atoms with E-state index < -0.39 is 0 Å². The third kappa shape index (κ3) is 3.45. The fourth-order valence-electron chi connectivity index (χ4n) is 2.74. The summed E-state index contributed by atoms with van der Waals surface area (Å²) in [6, 6.07) is 15.2. The van der Waals surface area contributed by atoms with Gasteiger partial charge < -0.3 is 10.2 Å². The first-order chi connectivity index (χ1) is 11.0. The Kier molecular flexibility index (Phi) is 4.48. The number of fused-ring (bicyclic) bond motifs is 1. The molecule has 0 spiro atoms. The van der Waals surface area contributed by atoms with E-state index in [1.54, 1.807) is 11.0 Å². The normalized spacial score (nSPS) is 14.5. The first-order valence-electron chi connectivity index (χ1n) is 7.46. The van der Waals surface area contributed by atoms with Crippen LogP contribution in [0.3, 0.4) is 0 Å². The van der Waals surface area contributed by atoms with Gasteiger partial charge in [-0.05, 0) is 36.2 Å². The molecule has 1 aliphatic heterocycles. The second kappa shape index (κ2) is 6.54. The number of amides is 2. The van der Waals surface area contributed by atoms with Crippen LogP contribution < -0.4 is 5.32 Å². The van der Waals surface area contributed by atoms with Crippen molar-refractivity contribution in [1.82, 2.24) is 10.2 Å². The molecule has 5 heteroatoms. The lowest BCUT2D eigenvalue weighted by atomic mass is 10.1. The van der Waals surface area contributed by atoms with Gasteiger partial charge in [0.1, 0.15) is 6.54 Å². The fraction of sp³-hybridized carbons (Fsp3) is 0.222. The maximum Gasteiger partial charge on any atom is 0.254 e. The molecule has 0 radical (unpaired) electrons. The molecule has 0 saturated heterocycles. The van der Waals surface area contributed by atoms with Crippen molar-refractivity contribution in [3.8, 4) is 0 Å². The summed E-state index contributed by atoms with van der Waals surface area (Å²) in [6.07, 6.45) is 0. The third-order valence-corrected chi connectivity index (χ3v) is 4.51. The monoisotopic (exact) mass is 372 g/mol. The highest BCUT2D eigenvalue weighted by Gasteiger charge is 2.28. The van der Waals surface area contributed by atoms with Gasteiger partial charge in [-0.1, -0.05) is 46.3 Å². The molecule has 0 aliphatic carbocycles. The molecule has 1 aliphatic rings. The fourth-order valence-corrected chi connectivity index (χ4v) is 3.00. The quantitative estimate of drug-likeness (QED) is 0.894. The average Bonchev–Trinajstić information content (AvgIpc) is 2.84. The number of rotatable bonds is 4. The molecular weight excluding hydrogens is 356 g/mol. The highest BCUT2D eigenvalue weighted by Crippen LogP contribution is 2.22. The number of nitrogens with one attached hydrogen (secondary N) is 1. The van der Waals surface area contributed by atoms with E-state index in [9.17, 15) is 9.59 Å². The highest BCUT2D eigenvalue weighted by molar-refractivity contribution is 9.10. The molecule has 1 heterocycles. The maximum atomic E-state index is 12.3. The Morgan fingerprint density at radius 2 is 1.91 bits per heavy atom. The minimum Gasteiger partial charge on any atom is -0.348 e. The smallest absolute Gasteiger partial charge is 0.254 e. The lowest BCUT2D eigenvalue weighted by Gasteiger charge is -2.19. The van der Waals surface area contributed by atoms with Crippen LogP contribution in [0.25, 0.3) is 0 Å². The van der Waals surface area contributed by atoms with Crippen LogP contribution in [0, 0.1) is 0 Å². The molecule has 0 saturated carbocycles. The Balaban J connectivity index is 1.60. The molecule has 1 N–H and O–H groups in total. The number of nitrogens with zero attached hydrogens (tertiary/aromatic N) is 1. The summed E-state index contributed by atoms with van der Waals surface area (Å²) in [5, 5.41) is 2.94. The Labute approximate surface area is 143 Å². The average molecular weight is 373 g/mol. The Morgan fingerprint density at radius 3 is 2.61 bits per heavy atom. The van der Waals surface area contributed by atoms with Gasteiger partial charge in [-0.15, -0.1) is 0 Å². The van der Waals surface area contributed by atoms with Gasteiger partial charge in [0.25, 0.3) is 5.91 Å². The Bertz CT molecular complexity index is 743. The lowest BCUT2D eigenvalue weighted by Crippen LogP contribution is -2.38. The van der Waals surface area contributed by atoms with Crippen molar-refractivity contribution in [2.45, 2.75) is 19.5 Å². The standard InChI is InChI=1S/C18H17BrN2O2/c1-12(13-6-8-15(19)9-7-13)20-17(22)11-21-10-14-4-2-3-5-16(14)18(21)23/h2-9,12H,10-11H2,1H3,(H,20,22)/t12-/m0/s1. The maximum absolute atomic E-state index is 12.3. The van der Waals surface area contributed by atoms with Crippen molar-refractivity contribution in [3.63, 3.8) is 0 Å². The molecule has 4 nitrogen and oxygen atoms in total. The van der Waals surface area contributed by atoms with Gasteiger partial charge in [-0.25, -0.2) is 0 Å². The molecule has 118 valence electrons. The number of hydrogen-bond acceptors (Lipinski definition) is 2. The molecule has 0 fully saturated rings. The van der Waals surface area contributed by atoms with Crippen LogP contribution in [0.5, 0.6) is 0 Å². The molecule has 2 aromatic carbocycles. The van der Waals surface area contributed by atoms with E-state index in [1.165, 1.54) is 0 Å². The summed E-state index contributed by atoms with van der Waals surface area (Å²) in [5.74, 6) is -0.228. The molecule has 23 heavy (non-hydrogen) atoms. The molecule has 2 aromatic rings. The molecule has 1 atom stereocenters. The van der Waals surface area contributed by atoms with E-state index in [0.717, 1.165) is 15.6 Å². The summed E-state index contributed by atoms with van der Waals surface area (Å²) in [6.45, 7) is 2.51. The van der Waals surface area contributed by atoms with Crippen LogP contribution >= 0.6 is 15.9 Å². The van der Waals surface area contributed by atoms with E-state index in [-0.39, 0.29) is 24.4 Å². The predicted octanol–water partition coefficient (Wildman–Crippen LogP) is 3.28. The second-order valence-corrected chi connectivity index (χ2v) is 6.57. The van der Waals surface area contributed by atoms with Crippen LogP contribution in [0.1, 0.15) is 34.5 Å². The van der Waals surface area contributed by atoms with Gasteiger partial charge in [0.05, 0.1) is 6.04 Å². The molecule has 3 rings (SSSR count). The minimum atomic E-state index is -0.151. The van der Waals surface area contributed by atoms with E-state index in [1.807, 2.05) is 49.4 Å². The van der Waals surface area contributed by atoms with Crippen LogP contribution in [-0.2, 0) is 11.3 Å². The summed E-state index contributed by atoms with van der Waals surface area (Å²) in [4.78, 5) is 26.1. The lowest BCUT2D eigenvalue weighted by molar-refractivity contribution is -0.122. The van der Waals surface area contributed by atoms with Gasteiger partial charge in [0.15, 0.2) is 0 Å². The number of carbonyl (C=O) groups excluding carboxylic acids is 2. The largest absolute Gasteiger partial charge is 0.348 e. The van der Waals surface area contributed by atoms with Crippen LogP contribution in [0.15, 0.2) is 53.0 Å². The van der Waals surface area contributed by atoms with Gasteiger partial charge in [0.2, 0.25) is 5.91 Å². The van der Waals surface area contributed by atoms with Crippen LogP contribution in [-0.4, -0.2) is 23.3 Å². The van der Waals surface area contributed by atoms with Crippen molar-refractivity contribution in [2.24, 2.45) is 0 Å². The first-order valence-corrected chi connectivity index (χ1v) is 8.26. The highest BCUT2D eigenvalue weighted by atomic mass is 79.9. The zero-order chi connectivity index (χ0) is 16.4. The molecule has 0 aromatic heterocycles. The van der Waals surface area contributed by atoms with Gasteiger partial charge >= 0.3 is 0 Å². The molecule has 0 bridgehead atoms.